The van der Waals surface area contributed by atoms with Crippen LogP contribution in [-0.2, 0) is 28.5 Å². The molecule has 0 bridgehead atoms. The summed E-state index contributed by atoms with van der Waals surface area (Å²) in [7, 11) is -2.37. The summed E-state index contributed by atoms with van der Waals surface area (Å²) in [6, 6.07) is 14.0. The van der Waals surface area contributed by atoms with Crippen molar-refractivity contribution in [1.82, 2.24) is 24.8 Å². The van der Waals surface area contributed by atoms with Crippen molar-refractivity contribution in [3.63, 3.8) is 0 Å². The molecule has 0 aliphatic heterocycles. The number of benzene rings is 2. The third-order valence-corrected chi connectivity index (χ3v) is 8.85. The van der Waals surface area contributed by atoms with Crippen LogP contribution in [0.4, 0.5) is 5.88 Å². The lowest BCUT2D eigenvalue weighted by molar-refractivity contribution is 0.0773. The number of nitrogens with zero attached hydrogens (tertiary/aromatic N) is 5. The van der Waals surface area contributed by atoms with Gasteiger partial charge in [0, 0.05) is 42.2 Å². The van der Waals surface area contributed by atoms with Crippen LogP contribution < -0.4 is 4.72 Å². The number of rotatable bonds is 9. The SMILES string of the molecule is CCn1nc(C(C)(C)C)cc1C(=O)N(C)Cc1cc(-c2ncco2)ccc1-c1ccccc1S(=O)(=O)Nc1onc(C)c1C. The van der Waals surface area contributed by atoms with Crippen LogP contribution in [0.2, 0.25) is 0 Å². The molecule has 0 saturated carbocycles. The van der Waals surface area contributed by atoms with Crippen molar-refractivity contribution < 1.29 is 22.2 Å². The van der Waals surface area contributed by atoms with Crippen molar-refractivity contribution in [1.29, 1.82) is 0 Å². The van der Waals surface area contributed by atoms with Crippen molar-refractivity contribution in [2.75, 3.05) is 11.8 Å². The number of carbonyl (C=O) groups is 1. The standard InChI is InChI=1S/C32H36N6O5S/c1-8-38-26(18-28(34-38)32(4,5)6)31(39)37(7)19-23-17-22(30-33-15-16-42-30)13-14-24(23)25-11-9-10-12-27(25)44(40,41)36-29-20(2)21(3)35-43-29/h9-18,36H,8,19H2,1-7H3. The lowest BCUT2D eigenvalue weighted by Crippen LogP contribution is -2.28. The maximum Gasteiger partial charge on any atom is 0.272 e. The smallest absolute Gasteiger partial charge is 0.272 e. The maximum absolute atomic E-state index is 13.8. The van der Waals surface area contributed by atoms with Gasteiger partial charge in [-0.3, -0.25) is 9.48 Å². The first-order valence-corrected chi connectivity index (χ1v) is 15.7. The summed E-state index contributed by atoms with van der Waals surface area (Å²) in [5.41, 5.74) is 4.75. The fraction of sp³-hybridized carbons (Fsp3) is 0.312. The van der Waals surface area contributed by atoms with Gasteiger partial charge in [-0.1, -0.05) is 50.2 Å². The fourth-order valence-electron chi connectivity index (χ4n) is 4.82. The highest BCUT2D eigenvalue weighted by Crippen LogP contribution is 2.35. The predicted molar refractivity (Wildman–Crippen MR) is 167 cm³/mol. The van der Waals surface area contributed by atoms with Crippen molar-refractivity contribution in [2.45, 2.75) is 64.9 Å². The van der Waals surface area contributed by atoms with Gasteiger partial charge < -0.3 is 13.8 Å². The summed E-state index contributed by atoms with van der Waals surface area (Å²) in [5.74, 6) is 0.259. The molecule has 44 heavy (non-hydrogen) atoms. The Morgan fingerprint density at radius 3 is 2.45 bits per heavy atom. The van der Waals surface area contributed by atoms with E-state index in [1.165, 1.54) is 12.3 Å². The minimum atomic E-state index is -4.09. The monoisotopic (exact) mass is 616 g/mol. The molecule has 11 nitrogen and oxygen atoms in total. The molecule has 0 atom stereocenters. The van der Waals surface area contributed by atoms with Gasteiger partial charge in [0.1, 0.15) is 12.0 Å². The number of aromatic nitrogens is 4. The van der Waals surface area contributed by atoms with Crippen LogP contribution in [0.15, 0.2) is 74.8 Å². The average Bonchev–Trinajstić information content (AvgIpc) is 3.74. The van der Waals surface area contributed by atoms with Crippen LogP contribution in [0.3, 0.4) is 0 Å². The van der Waals surface area contributed by atoms with Crippen LogP contribution in [0.1, 0.15) is 60.7 Å². The summed E-state index contributed by atoms with van der Waals surface area (Å²) in [4.78, 5) is 19.7. The third-order valence-electron chi connectivity index (χ3n) is 7.46. The van der Waals surface area contributed by atoms with Crippen LogP contribution in [0.5, 0.6) is 0 Å². The number of anilines is 1. The molecule has 0 spiro atoms. The number of oxazole rings is 1. The molecule has 0 aliphatic carbocycles. The Labute approximate surface area is 256 Å². The second-order valence-electron chi connectivity index (χ2n) is 11.7. The summed E-state index contributed by atoms with van der Waals surface area (Å²) in [6.07, 6.45) is 3.04. The Kier molecular flexibility index (Phi) is 8.21. The summed E-state index contributed by atoms with van der Waals surface area (Å²) >= 11 is 0. The number of hydrogen-bond acceptors (Lipinski definition) is 8. The first-order chi connectivity index (χ1) is 20.8. The molecule has 3 aromatic heterocycles. The molecular weight excluding hydrogens is 580 g/mol. The van der Waals surface area contributed by atoms with E-state index >= 15 is 0 Å². The number of nitrogens with one attached hydrogen (secondary N) is 1. The normalized spacial score (nSPS) is 12.0. The van der Waals surface area contributed by atoms with E-state index in [4.69, 9.17) is 8.94 Å². The number of aryl methyl sites for hydroxylation is 2. The van der Waals surface area contributed by atoms with Gasteiger partial charge >= 0.3 is 0 Å². The summed E-state index contributed by atoms with van der Waals surface area (Å²) in [5, 5.41) is 8.53. The minimum absolute atomic E-state index is 0.0476. The largest absolute Gasteiger partial charge is 0.445 e. The highest BCUT2D eigenvalue weighted by molar-refractivity contribution is 7.92. The fourth-order valence-corrected chi connectivity index (χ4v) is 6.09. The molecule has 0 unspecified atom stereocenters. The Morgan fingerprint density at radius 2 is 1.82 bits per heavy atom. The van der Waals surface area contributed by atoms with E-state index < -0.39 is 10.0 Å². The molecule has 12 heteroatoms. The zero-order chi connectivity index (χ0) is 31.8. The Morgan fingerprint density at radius 1 is 1.07 bits per heavy atom. The maximum atomic E-state index is 13.8. The third kappa shape index (κ3) is 6.02. The molecule has 3 heterocycles. The van der Waals surface area contributed by atoms with Crippen LogP contribution >= 0.6 is 0 Å². The number of sulfonamides is 1. The van der Waals surface area contributed by atoms with E-state index in [-0.39, 0.29) is 28.6 Å². The Balaban J connectivity index is 1.57. The highest BCUT2D eigenvalue weighted by Gasteiger charge is 2.27. The lowest BCUT2D eigenvalue weighted by Gasteiger charge is -2.21. The van der Waals surface area contributed by atoms with E-state index in [0.717, 1.165) is 5.69 Å². The van der Waals surface area contributed by atoms with E-state index in [1.54, 1.807) is 54.9 Å². The van der Waals surface area contributed by atoms with Crippen molar-refractivity contribution in [3.8, 4) is 22.6 Å². The lowest BCUT2D eigenvalue weighted by atomic mass is 9.92. The first kappa shape index (κ1) is 30.7. The predicted octanol–water partition coefficient (Wildman–Crippen LogP) is 6.20. The molecular formula is C32H36N6O5S. The van der Waals surface area contributed by atoms with E-state index in [0.29, 0.717) is 51.6 Å². The average molecular weight is 617 g/mol. The zero-order valence-corrected chi connectivity index (χ0v) is 26.7. The van der Waals surface area contributed by atoms with E-state index in [9.17, 15) is 13.2 Å². The zero-order valence-electron chi connectivity index (χ0n) is 25.9. The topological polar surface area (TPSA) is 136 Å². The van der Waals surface area contributed by atoms with Gasteiger partial charge in [-0.25, -0.2) is 18.1 Å². The number of amides is 1. The van der Waals surface area contributed by atoms with Crippen molar-refractivity contribution in [2.24, 2.45) is 0 Å². The second-order valence-corrected chi connectivity index (χ2v) is 13.3. The Bertz CT molecular complexity index is 1920. The van der Waals surface area contributed by atoms with Crippen LogP contribution in [0.25, 0.3) is 22.6 Å². The molecule has 1 N–H and O–H groups in total. The molecule has 0 saturated heterocycles. The molecule has 0 radical (unpaired) electrons. The van der Waals surface area contributed by atoms with Crippen molar-refractivity contribution >= 4 is 21.8 Å². The quantitative estimate of drug-likeness (QED) is 0.207. The molecule has 1 amide bonds. The molecule has 2 aromatic carbocycles. The molecule has 0 fully saturated rings. The number of carbonyl (C=O) groups excluding carboxylic acids is 1. The van der Waals surface area contributed by atoms with Gasteiger partial charge in [0.15, 0.2) is 0 Å². The minimum Gasteiger partial charge on any atom is -0.445 e. The van der Waals surface area contributed by atoms with Gasteiger partial charge in [0.25, 0.3) is 15.9 Å². The number of hydrogen-bond donors (Lipinski definition) is 1. The molecule has 0 aliphatic rings. The molecule has 230 valence electrons. The van der Waals surface area contributed by atoms with Crippen LogP contribution in [0, 0.1) is 13.8 Å². The van der Waals surface area contributed by atoms with Gasteiger partial charge in [0.05, 0.1) is 22.5 Å². The Hall–Kier alpha value is -4.71. The summed E-state index contributed by atoms with van der Waals surface area (Å²) in [6.45, 7) is 12.3. The first-order valence-electron chi connectivity index (χ1n) is 14.2. The van der Waals surface area contributed by atoms with Crippen LogP contribution in [-0.4, -0.2) is 46.2 Å². The van der Waals surface area contributed by atoms with E-state index in [2.05, 4.69) is 40.7 Å². The van der Waals surface area contributed by atoms with Gasteiger partial charge in [-0.2, -0.15) is 5.10 Å². The van der Waals surface area contributed by atoms with Gasteiger partial charge in [0.2, 0.25) is 11.8 Å². The van der Waals surface area contributed by atoms with Crippen molar-refractivity contribution in [3.05, 3.63) is 89.2 Å². The van der Waals surface area contributed by atoms with Gasteiger partial charge in [-0.15, -0.1) is 0 Å². The van der Waals surface area contributed by atoms with E-state index in [1.807, 2.05) is 31.2 Å². The van der Waals surface area contributed by atoms with Gasteiger partial charge in [-0.05, 0) is 56.2 Å². The molecule has 5 aromatic rings. The highest BCUT2D eigenvalue weighted by atomic mass is 32.2. The molecule has 5 rings (SSSR count). The summed E-state index contributed by atoms with van der Waals surface area (Å²) < 4.78 is 42.4. The second kappa shape index (κ2) is 11.8.